The van der Waals surface area contributed by atoms with Crippen LogP contribution in [0.4, 0.5) is 0 Å². The molecular weight excluding hydrogens is 282 g/mol. The normalized spacial score (nSPS) is 13.9. The number of rotatable bonds is 7. The second kappa shape index (κ2) is 8.18. The molecule has 0 spiro atoms. The van der Waals surface area contributed by atoms with Gasteiger partial charge >= 0.3 is 0 Å². The predicted molar refractivity (Wildman–Crippen MR) is 88.8 cm³/mol. The maximum Gasteiger partial charge on any atom is 0.0657 e. The van der Waals surface area contributed by atoms with Crippen molar-refractivity contribution in [1.29, 1.82) is 0 Å². The lowest BCUT2D eigenvalue weighted by Crippen LogP contribution is -2.34. The van der Waals surface area contributed by atoms with Gasteiger partial charge in [0.05, 0.1) is 12.6 Å². The van der Waals surface area contributed by atoms with Crippen molar-refractivity contribution in [2.24, 2.45) is 0 Å². The molecule has 21 heavy (non-hydrogen) atoms. The van der Waals surface area contributed by atoms with Crippen LogP contribution >= 0.6 is 11.6 Å². The fraction of sp³-hybridized carbons (Fsp3) is 0.333. The third-order valence-electron chi connectivity index (χ3n) is 3.45. The minimum atomic E-state index is 0.199. The standard InChI is InChI=1S/C18H22ClNO/c1-14(11-15-7-6-10-17(19)12-15)20-18(13-21-2)16-8-4-3-5-9-16/h3-10,12,14,18,20H,11,13H2,1-2H3. The van der Waals surface area contributed by atoms with Gasteiger partial charge in [-0.25, -0.2) is 0 Å². The van der Waals surface area contributed by atoms with Gasteiger partial charge in [0.25, 0.3) is 0 Å². The van der Waals surface area contributed by atoms with Crippen LogP contribution in [-0.4, -0.2) is 19.8 Å². The summed E-state index contributed by atoms with van der Waals surface area (Å²) in [4.78, 5) is 0. The van der Waals surface area contributed by atoms with Crippen molar-refractivity contribution >= 4 is 11.6 Å². The molecule has 2 aromatic carbocycles. The van der Waals surface area contributed by atoms with Crippen LogP contribution in [0.25, 0.3) is 0 Å². The Morgan fingerprint density at radius 1 is 1.10 bits per heavy atom. The Morgan fingerprint density at radius 2 is 1.86 bits per heavy atom. The highest BCUT2D eigenvalue weighted by molar-refractivity contribution is 6.30. The minimum absolute atomic E-state index is 0.199. The number of ether oxygens (including phenoxy) is 1. The quantitative estimate of drug-likeness (QED) is 0.825. The second-order valence-electron chi connectivity index (χ2n) is 5.32. The molecule has 0 fully saturated rings. The topological polar surface area (TPSA) is 21.3 Å². The monoisotopic (exact) mass is 303 g/mol. The summed E-state index contributed by atoms with van der Waals surface area (Å²) in [5.41, 5.74) is 2.49. The molecule has 112 valence electrons. The van der Waals surface area contributed by atoms with E-state index in [1.165, 1.54) is 11.1 Å². The predicted octanol–water partition coefficient (Wildman–Crippen LogP) is 4.25. The molecule has 2 rings (SSSR count). The highest BCUT2D eigenvalue weighted by atomic mass is 35.5. The van der Waals surface area contributed by atoms with Gasteiger partial charge in [0.1, 0.15) is 0 Å². The molecule has 0 aliphatic carbocycles. The van der Waals surface area contributed by atoms with E-state index in [4.69, 9.17) is 16.3 Å². The summed E-state index contributed by atoms with van der Waals surface area (Å²) in [7, 11) is 1.74. The van der Waals surface area contributed by atoms with Crippen LogP contribution < -0.4 is 5.32 Å². The van der Waals surface area contributed by atoms with Gasteiger partial charge in [-0.15, -0.1) is 0 Å². The minimum Gasteiger partial charge on any atom is -0.383 e. The van der Waals surface area contributed by atoms with E-state index in [0.29, 0.717) is 12.6 Å². The average Bonchev–Trinajstić information content (AvgIpc) is 2.47. The number of hydrogen-bond donors (Lipinski definition) is 1. The molecule has 1 N–H and O–H groups in total. The molecule has 0 saturated carbocycles. The van der Waals surface area contributed by atoms with Gasteiger partial charge in [-0.2, -0.15) is 0 Å². The van der Waals surface area contributed by atoms with Crippen LogP contribution in [0.15, 0.2) is 54.6 Å². The first-order valence-corrected chi connectivity index (χ1v) is 7.61. The highest BCUT2D eigenvalue weighted by Crippen LogP contribution is 2.16. The van der Waals surface area contributed by atoms with E-state index in [1.807, 2.05) is 24.3 Å². The van der Waals surface area contributed by atoms with Crippen molar-refractivity contribution in [3.05, 3.63) is 70.7 Å². The summed E-state index contributed by atoms with van der Waals surface area (Å²) in [6.45, 7) is 2.84. The van der Waals surface area contributed by atoms with Crippen LogP contribution in [0.2, 0.25) is 5.02 Å². The molecule has 0 aromatic heterocycles. The van der Waals surface area contributed by atoms with Crippen molar-refractivity contribution in [3.8, 4) is 0 Å². The first-order valence-electron chi connectivity index (χ1n) is 7.23. The van der Waals surface area contributed by atoms with Gasteiger partial charge in [0.2, 0.25) is 0 Å². The molecule has 0 saturated heterocycles. The molecule has 2 atom stereocenters. The van der Waals surface area contributed by atoms with E-state index in [-0.39, 0.29) is 6.04 Å². The van der Waals surface area contributed by atoms with Crippen molar-refractivity contribution < 1.29 is 4.74 Å². The van der Waals surface area contributed by atoms with Crippen LogP contribution in [0.1, 0.15) is 24.1 Å². The van der Waals surface area contributed by atoms with Gasteiger partial charge in [-0.05, 0) is 36.6 Å². The molecule has 0 amide bonds. The molecule has 0 aliphatic rings. The molecule has 0 radical (unpaired) electrons. The summed E-state index contributed by atoms with van der Waals surface area (Å²) in [5.74, 6) is 0. The van der Waals surface area contributed by atoms with Gasteiger partial charge in [0.15, 0.2) is 0 Å². The van der Waals surface area contributed by atoms with E-state index in [1.54, 1.807) is 7.11 Å². The Morgan fingerprint density at radius 3 is 2.52 bits per heavy atom. The third kappa shape index (κ3) is 5.16. The zero-order valence-corrected chi connectivity index (χ0v) is 13.3. The Hall–Kier alpha value is -1.35. The van der Waals surface area contributed by atoms with Gasteiger partial charge in [-0.3, -0.25) is 0 Å². The largest absolute Gasteiger partial charge is 0.383 e. The van der Waals surface area contributed by atoms with Crippen molar-refractivity contribution in [3.63, 3.8) is 0 Å². The smallest absolute Gasteiger partial charge is 0.0657 e. The van der Waals surface area contributed by atoms with E-state index >= 15 is 0 Å². The fourth-order valence-corrected chi connectivity index (χ4v) is 2.73. The Bertz CT molecular complexity index is 544. The summed E-state index contributed by atoms with van der Waals surface area (Å²) in [6, 6.07) is 19.0. The van der Waals surface area contributed by atoms with Gasteiger partial charge < -0.3 is 10.1 Å². The zero-order valence-electron chi connectivity index (χ0n) is 12.6. The first-order chi connectivity index (χ1) is 10.2. The average molecular weight is 304 g/mol. The Labute approximate surface area is 132 Å². The molecule has 0 aliphatic heterocycles. The molecule has 0 heterocycles. The first kappa shape index (κ1) is 16.0. The molecule has 3 heteroatoms. The number of benzene rings is 2. The summed E-state index contributed by atoms with van der Waals surface area (Å²) >= 11 is 6.04. The highest BCUT2D eigenvalue weighted by Gasteiger charge is 2.14. The fourth-order valence-electron chi connectivity index (χ4n) is 2.51. The lowest BCUT2D eigenvalue weighted by Gasteiger charge is -2.23. The summed E-state index contributed by atoms with van der Waals surface area (Å²) < 4.78 is 5.34. The van der Waals surface area contributed by atoms with E-state index in [9.17, 15) is 0 Å². The maximum atomic E-state index is 6.04. The van der Waals surface area contributed by atoms with E-state index in [2.05, 4.69) is 42.6 Å². The van der Waals surface area contributed by atoms with Crippen LogP contribution in [0.3, 0.4) is 0 Å². The van der Waals surface area contributed by atoms with E-state index in [0.717, 1.165) is 11.4 Å². The lowest BCUT2D eigenvalue weighted by molar-refractivity contribution is 0.162. The van der Waals surface area contributed by atoms with Crippen LogP contribution in [-0.2, 0) is 11.2 Å². The van der Waals surface area contributed by atoms with Gasteiger partial charge in [-0.1, -0.05) is 54.1 Å². The van der Waals surface area contributed by atoms with Crippen LogP contribution in [0, 0.1) is 0 Å². The molecular formula is C18H22ClNO. The maximum absolute atomic E-state index is 6.04. The number of halogens is 1. The molecule has 2 aromatic rings. The van der Waals surface area contributed by atoms with Crippen molar-refractivity contribution in [1.82, 2.24) is 5.32 Å². The third-order valence-corrected chi connectivity index (χ3v) is 3.69. The van der Waals surface area contributed by atoms with Crippen molar-refractivity contribution in [2.75, 3.05) is 13.7 Å². The Kier molecular flexibility index (Phi) is 6.24. The number of methoxy groups -OCH3 is 1. The summed E-state index contributed by atoms with van der Waals surface area (Å²) in [5, 5.41) is 4.42. The summed E-state index contributed by atoms with van der Waals surface area (Å²) in [6.07, 6.45) is 0.938. The Balaban J connectivity index is 2.00. The lowest BCUT2D eigenvalue weighted by atomic mass is 10.0. The molecule has 0 bridgehead atoms. The van der Waals surface area contributed by atoms with E-state index < -0.39 is 0 Å². The van der Waals surface area contributed by atoms with Crippen molar-refractivity contribution in [2.45, 2.75) is 25.4 Å². The van der Waals surface area contributed by atoms with Gasteiger partial charge in [0, 0.05) is 18.2 Å². The zero-order chi connectivity index (χ0) is 15.1. The molecule has 2 nitrogen and oxygen atoms in total. The SMILES string of the molecule is COCC(NC(C)Cc1cccc(Cl)c1)c1ccccc1. The number of hydrogen-bond acceptors (Lipinski definition) is 2. The van der Waals surface area contributed by atoms with Crippen LogP contribution in [0.5, 0.6) is 0 Å². The number of nitrogens with one attached hydrogen (secondary N) is 1. The second-order valence-corrected chi connectivity index (χ2v) is 5.76. The molecule has 2 unspecified atom stereocenters.